The zero-order valence-corrected chi connectivity index (χ0v) is 11.3. The standard InChI is InChI=1S/C12H16ClNO2S/c1-9-3-4-10(13)7-11(9)14-12(16)8-17-6-2-5-15/h3-4,7,15H,2,5-6,8H2,1H3,(H,14,16). The van der Waals surface area contributed by atoms with E-state index in [9.17, 15) is 4.79 Å². The Bertz CT molecular complexity index is 385. The second kappa shape index (κ2) is 7.58. The van der Waals surface area contributed by atoms with Crippen LogP contribution in [-0.4, -0.2) is 29.1 Å². The Kier molecular flexibility index (Phi) is 6.40. The van der Waals surface area contributed by atoms with Gasteiger partial charge in [0.15, 0.2) is 0 Å². The van der Waals surface area contributed by atoms with Crippen molar-refractivity contribution >= 4 is 35.0 Å². The molecule has 0 saturated carbocycles. The third-order valence-corrected chi connectivity index (χ3v) is 3.43. The third-order valence-electron chi connectivity index (χ3n) is 2.15. The number of hydrogen-bond acceptors (Lipinski definition) is 3. The summed E-state index contributed by atoms with van der Waals surface area (Å²) in [5.41, 5.74) is 1.74. The van der Waals surface area contributed by atoms with Crippen LogP contribution in [0.25, 0.3) is 0 Å². The van der Waals surface area contributed by atoms with Crippen LogP contribution in [0, 0.1) is 6.92 Å². The van der Waals surface area contributed by atoms with Gasteiger partial charge in [-0.2, -0.15) is 11.8 Å². The molecule has 1 aromatic carbocycles. The normalized spacial score (nSPS) is 10.3. The van der Waals surface area contributed by atoms with Crippen LogP contribution in [0.15, 0.2) is 18.2 Å². The Morgan fingerprint density at radius 2 is 2.29 bits per heavy atom. The molecule has 0 atom stereocenters. The highest BCUT2D eigenvalue weighted by Gasteiger charge is 2.05. The molecule has 3 nitrogen and oxygen atoms in total. The van der Waals surface area contributed by atoms with Gasteiger partial charge in [-0.1, -0.05) is 17.7 Å². The number of benzene rings is 1. The number of carbonyl (C=O) groups excluding carboxylic acids is 1. The fraction of sp³-hybridized carbons (Fsp3) is 0.417. The van der Waals surface area contributed by atoms with E-state index in [1.54, 1.807) is 12.1 Å². The number of nitrogens with one attached hydrogen (secondary N) is 1. The molecule has 0 aromatic heterocycles. The monoisotopic (exact) mass is 273 g/mol. The van der Waals surface area contributed by atoms with Crippen LogP contribution < -0.4 is 5.32 Å². The Labute approximate surface area is 111 Å². The van der Waals surface area contributed by atoms with Gasteiger partial charge in [0, 0.05) is 17.3 Å². The molecule has 0 unspecified atom stereocenters. The number of rotatable bonds is 6. The summed E-state index contributed by atoms with van der Waals surface area (Å²) in [6, 6.07) is 5.41. The van der Waals surface area contributed by atoms with Crippen LogP contribution in [0.3, 0.4) is 0 Å². The van der Waals surface area contributed by atoms with Crippen molar-refractivity contribution < 1.29 is 9.90 Å². The van der Waals surface area contributed by atoms with Crippen molar-refractivity contribution in [3.63, 3.8) is 0 Å². The molecule has 94 valence electrons. The lowest BCUT2D eigenvalue weighted by Crippen LogP contribution is -2.15. The van der Waals surface area contributed by atoms with Gasteiger partial charge in [0.2, 0.25) is 5.91 Å². The fourth-order valence-electron chi connectivity index (χ4n) is 1.25. The first kappa shape index (κ1) is 14.4. The first-order chi connectivity index (χ1) is 8.13. The Morgan fingerprint density at radius 1 is 1.53 bits per heavy atom. The molecule has 0 aliphatic carbocycles. The summed E-state index contributed by atoms with van der Waals surface area (Å²) in [6.07, 6.45) is 0.716. The lowest BCUT2D eigenvalue weighted by atomic mass is 10.2. The third kappa shape index (κ3) is 5.44. The summed E-state index contributed by atoms with van der Waals surface area (Å²) in [5, 5.41) is 12.0. The molecule has 2 N–H and O–H groups in total. The zero-order chi connectivity index (χ0) is 12.7. The van der Waals surface area contributed by atoms with Gasteiger partial charge in [0.25, 0.3) is 0 Å². The molecule has 1 aromatic rings. The van der Waals surface area contributed by atoms with Gasteiger partial charge < -0.3 is 10.4 Å². The molecular formula is C12H16ClNO2S. The second-order valence-corrected chi connectivity index (χ2v) is 5.18. The van der Waals surface area contributed by atoms with Crippen LogP contribution in [0.1, 0.15) is 12.0 Å². The van der Waals surface area contributed by atoms with Crippen molar-refractivity contribution in [2.45, 2.75) is 13.3 Å². The van der Waals surface area contributed by atoms with Crippen LogP contribution in [0.2, 0.25) is 5.02 Å². The summed E-state index contributed by atoms with van der Waals surface area (Å²) in [7, 11) is 0. The van der Waals surface area contributed by atoms with Gasteiger partial charge >= 0.3 is 0 Å². The number of aliphatic hydroxyl groups is 1. The predicted molar refractivity (Wildman–Crippen MR) is 73.8 cm³/mol. The molecular weight excluding hydrogens is 258 g/mol. The molecule has 0 fully saturated rings. The molecule has 1 rings (SSSR count). The topological polar surface area (TPSA) is 49.3 Å². The van der Waals surface area contributed by atoms with E-state index in [4.69, 9.17) is 16.7 Å². The maximum atomic E-state index is 11.6. The van der Waals surface area contributed by atoms with Crippen molar-refractivity contribution in [3.8, 4) is 0 Å². The van der Waals surface area contributed by atoms with E-state index in [1.807, 2.05) is 13.0 Å². The Morgan fingerprint density at radius 3 is 3.00 bits per heavy atom. The zero-order valence-electron chi connectivity index (χ0n) is 9.70. The number of hydrogen-bond donors (Lipinski definition) is 2. The first-order valence-electron chi connectivity index (χ1n) is 5.38. The molecule has 0 saturated heterocycles. The lowest BCUT2D eigenvalue weighted by Gasteiger charge is -2.08. The van der Waals surface area contributed by atoms with Crippen molar-refractivity contribution in [2.75, 3.05) is 23.4 Å². The molecule has 0 aliphatic rings. The lowest BCUT2D eigenvalue weighted by molar-refractivity contribution is -0.113. The van der Waals surface area contributed by atoms with Crippen molar-refractivity contribution in [3.05, 3.63) is 28.8 Å². The Hall–Kier alpha value is -0.710. The number of thioether (sulfide) groups is 1. The average molecular weight is 274 g/mol. The molecule has 0 spiro atoms. The number of anilines is 1. The number of amides is 1. The minimum absolute atomic E-state index is 0.0432. The van der Waals surface area contributed by atoms with Crippen molar-refractivity contribution in [1.29, 1.82) is 0 Å². The molecule has 0 aliphatic heterocycles. The summed E-state index contributed by atoms with van der Waals surface area (Å²) >= 11 is 7.37. The van der Waals surface area contributed by atoms with Crippen molar-refractivity contribution in [1.82, 2.24) is 0 Å². The van der Waals surface area contributed by atoms with E-state index in [-0.39, 0.29) is 12.5 Å². The first-order valence-corrected chi connectivity index (χ1v) is 6.91. The highest BCUT2D eigenvalue weighted by atomic mass is 35.5. The second-order valence-electron chi connectivity index (χ2n) is 3.64. The number of halogens is 1. The van der Waals surface area contributed by atoms with Crippen LogP contribution in [0.5, 0.6) is 0 Å². The summed E-state index contributed by atoms with van der Waals surface area (Å²) in [5.74, 6) is 1.14. The number of aryl methyl sites for hydroxylation is 1. The molecule has 17 heavy (non-hydrogen) atoms. The SMILES string of the molecule is Cc1ccc(Cl)cc1NC(=O)CSCCCO. The average Bonchev–Trinajstić information content (AvgIpc) is 2.29. The van der Waals surface area contributed by atoms with E-state index in [0.29, 0.717) is 17.2 Å². The predicted octanol–water partition coefficient (Wildman–Crippen LogP) is 2.70. The van der Waals surface area contributed by atoms with Gasteiger partial charge in [0.05, 0.1) is 5.75 Å². The van der Waals surface area contributed by atoms with E-state index < -0.39 is 0 Å². The van der Waals surface area contributed by atoms with E-state index in [1.165, 1.54) is 11.8 Å². The largest absolute Gasteiger partial charge is 0.396 e. The Balaban J connectivity index is 2.42. The van der Waals surface area contributed by atoms with E-state index in [0.717, 1.165) is 17.0 Å². The maximum Gasteiger partial charge on any atom is 0.234 e. The number of aliphatic hydroxyl groups excluding tert-OH is 1. The number of carbonyl (C=O) groups is 1. The van der Waals surface area contributed by atoms with Gasteiger partial charge in [0.1, 0.15) is 0 Å². The summed E-state index contributed by atoms with van der Waals surface area (Å²) < 4.78 is 0. The van der Waals surface area contributed by atoms with Crippen molar-refractivity contribution in [2.24, 2.45) is 0 Å². The minimum Gasteiger partial charge on any atom is -0.396 e. The van der Waals surface area contributed by atoms with Gasteiger partial charge in [-0.05, 0) is 36.8 Å². The summed E-state index contributed by atoms with van der Waals surface area (Å²) in [6.45, 7) is 2.09. The van der Waals surface area contributed by atoms with Crippen LogP contribution in [-0.2, 0) is 4.79 Å². The molecule has 0 heterocycles. The molecule has 1 amide bonds. The highest BCUT2D eigenvalue weighted by molar-refractivity contribution is 7.99. The highest BCUT2D eigenvalue weighted by Crippen LogP contribution is 2.20. The quantitative estimate of drug-likeness (QED) is 0.784. The van der Waals surface area contributed by atoms with E-state index in [2.05, 4.69) is 5.32 Å². The molecule has 0 radical (unpaired) electrons. The molecule has 5 heteroatoms. The van der Waals surface area contributed by atoms with E-state index >= 15 is 0 Å². The van der Waals surface area contributed by atoms with Crippen LogP contribution in [0.4, 0.5) is 5.69 Å². The van der Waals surface area contributed by atoms with Gasteiger partial charge in [-0.15, -0.1) is 0 Å². The maximum absolute atomic E-state index is 11.6. The minimum atomic E-state index is -0.0432. The fourth-order valence-corrected chi connectivity index (χ4v) is 2.15. The summed E-state index contributed by atoms with van der Waals surface area (Å²) in [4.78, 5) is 11.6. The smallest absolute Gasteiger partial charge is 0.234 e. The molecule has 0 bridgehead atoms. The van der Waals surface area contributed by atoms with Gasteiger partial charge in [-0.25, -0.2) is 0 Å². The van der Waals surface area contributed by atoms with Crippen LogP contribution >= 0.6 is 23.4 Å². The van der Waals surface area contributed by atoms with Gasteiger partial charge in [-0.3, -0.25) is 4.79 Å².